The van der Waals surface area contributed by atoms with Crippen molar-refractivity contribution in [3.8, 4) is 0 Å². The molecule has 0 unspecified atom stereocenters. The third-order valence-corrected chi connectivity index (χ3v) is 4.20. The van der Waals surface area contributed by atoms with Gasteiger partial charge in [0, 0.05) is 20.3 Å². The van der Waals surface area contributed by atoms with Crippen molar-refractivity contribution in [3.63, 3.8) is 0 Å². The highest BCUT2D eigenvalue weighted by atomic mass is 79.9. The molecule has 0 aliphatic rings. The average Bonchev–Trinajstić information content (AvgIpc) is 2.32. The lowest BCUT2D eigenvalue weighted by Crippen LogP contribution is -2.05. The van der Waals surface area contributed by atoms with Crippen molar-refractivity contribution in [2.75, 3.05) is 0 Å². The molecule has 1 nitrogen and oxygen atoms in total. The van der Waals surface area contributed by atoms with E-state index in [1.54, 1.807) is 23.9 Å². The van der Waals surface area contributed by atoms with Crippen LogP contribution in [0.2, 0.25) is 0 Å². The summed E-state index contributed by atoms with van der Waals surface area (Å²) in [5.41, 5.74) is 6.94. The second-order valence-electron chi connectivity index (χ2n) is 4.03. The van der Waals surface area contributed by atoms with E-state index < -0.39 is 0 Å². The molecule has 0 radical (unpaired) electrons. The Morgan fingerprint density at radius 1 is 1.11 bits per heavy atom. The lowest BCUT2D eigenvalue weighted by atomic mass is 10.1. The van der Waals surface area contributed by atoms with E-state index in [-0.39, 0.29) is 11.9 Å². The number of halogens is 2. The summed E-state index contributed by atoms with van der Waals surface area (Å²) in [4.78, 5) is 2.11. The maximum atomic E-state index is 12.8. The fourth-order valence-corrected chi connectivity index (χ4v) is 3.33. The number of hydrogen-bond acceptors (Lipinski definition) is 2. The Labute approximate surface area is 119 Å². The summed E-state index contributed by atoms with van der Waals surface area (Å²) in [5, 5.41) is 0. The van der Waals surface area contributed by atoms with E-state index in [0.717, 1.165) is 19.8 Å². The first-order valence-corrected chi connectivity index (χ1v) is 7.15. The van der Waals surface area contributed by atoms with Crippen LogP contribution in [0.3, 0.4) is 0 Å². The summed E-state index contributed by atoms with van der Waals surface area (Å²) in [7, 11) is 0. The maximum absolute atomic E-state index is 12.8. The molecule has 0 amide bonds. The first-order chi connectivity index (χ1) is 8.56. The van der Waals surface area contributed by atoms with Crippen molar-refractivity contribution in [3.05, 3.63) is 58.3 Å². The molecule has 0 fully saturated rings. The zero-order valence-corrected chi connectivity index (χ0v) is 12.3. The summed E-state index contributed by atoms with van der Waals surface area (Å²) in [6, 6.07) is 12.6. The van der Waals surface area contributed by atoms with Crippen LogP contribution in [0.4, 0.5) is 4.39 Å². The lowest BCUT2D eigenvalue weighted by Gasteiger charge is -2.10. The standard InChI is InChI=1S/C14H13BrFNS/c1-9(17)13-7-6-12(8-14(13)15)18-11-4-2-10(16)3-5-11/h2-9H,17H2,1H3/t9-/m0/s1. The predicted molar refractivity (Wildman–Crippen MR) is 77.3 cm³/mol. The third kappa shape index (κ3) is 3.34. The van der Waals surface area contributed by atoms with E-state index in [9.17, 15) is 4.39 Å². The summed E-state index contributed by atoms with van der Waals surface area (Å²) < 4.78 is 13.8. The van der Waals surface area contributed by atoms with Crippen LogP contribution in [0.15, 0.2) is 56.7 Å². The van der Waals surface area contributed by atoms with Gasteiger partial charge >= 0.3 is 0 Å². The van der Waals surface area contributed by atoms with Crippen LogP contribution in [0.5, 0.6) is 0 Å². The second kappa shape index (κ2) is 5.87. The molecule has 2 aromatic rings. The van der Waals surface area contributed by atoms with Gasteiger partial charge in [-0.3, -0.25) is 0 Å². The van der Waals surface area contributed by atoms with Crippen LogP contribution in [-0.2, 0) is 0 Å². The molecule has 2 N–H and O–H groups in total. The van der Waals surface area contributed by atoms with E-state index in [4.69, 9.17) is 5.73 Å². The van der Waals surface area contributed by atoms with Crippen LogP contribution in [0.25, 0.3) is 0 Å². The first-order valence-electron chi connectivity index (χ1n) is 5.54. The Morgan fingerprint density at radius 3 is 2.28 bits per heavy atom. The SMILES string of the molecule is C[C@H](N)c1ccc(Sc2ccc(F)cc2)cc1Br. The molecule has 0 aromatic heterocycles. The van der Waals surface area contributed by atoms with E-state index in [1.165, 1.54) is 12.1 Å². The van der Waals surface area contributed by atoms with Gasteiger partial charge in [-0.25, -0.2) is 4.39 Å². The van der Waals surface area contributed by atoms with E-state index in [1.807, 2.05) is 25.1 Å². The van der Waals surface area contributed by atoms with Crippen molar-refractivity contribution in [1.82, 2.24) is 0 Å². The van der Waals surface area contributed by atoms with Gasteiger partial charge in [-0.1, -0.05) is 33.8 Å². The summed E-state index contributed by atoms with van der Waals surface area (Å²) in [6.45, 7) is 1.95. The quantitative estimate of drug-likeness (QED) is 0.880. The zero-order valence-electron chi connectivity index (χ0n) is 9.86. The highest BCUT2D eigenvalue weighted by Gasteiger charge is 2.06. The molecule has 94 valence electrons. The summed E-state index contributed by atoms with van der Waals surface area (Å²) in [6.07, 6.45) is 0. The molecule has 0 heterocycles. The van der Waals surface area contributed by atoms with Gasteiger partial charge in [0.25, 0.3) is 0 Å². The minimum absolute atomic E-state index is 0.00393. The van der Waals surface area contributed by atoms with Gasteiger partial charge in [0.2, 0.25) is 0 Å². The van der Waals surface area contributed by atoms with Gasteiger partial charge in [-0.15, -0.1) is 0 Å². The van der Waals surface area contributed by atoms with Gasteiger partial charge in [0.05, 0.1) is 0 Å². The molecule has 0 bridgehead atoms. The van der Waals surface area contributed by atoms with Crippen LogP contribution in [-0.4, -0.2) is 0 Å². The normalized spacial score (nSPS) is 12.4. The fraction of sp³-hybridized carbons (Fsp3) is 0.143. The van der Waals surface area contributed by atoms with Crippen molar-refractivity contribution < 1.29 is 4.39 Å². The summed E-state index contributed by atoms with van der Waals surface area (Å²) in [5.74, 6) is -0.215. The van der Waals surface area contributed by atoms with Crippen molar-refractivity contribution in [2.24, 2.45) is 5.73 Å². The number of nitrogens with two attached hydrogens (primary N) is 1. The van der Waals surface area contributed by atoms with Crippen LogP contribution in [0.1, 0.15) is 18.5 Å². The highest BCUT2D eigenvalue weighted by Crippen LogP contribution is 2.32. The molecule has 18 heavy (non-hydrogen) atoms. The lowest BCUT2D eigenvalue weighted by molar-refractivity contribution is 0.626. The van der Waals surface area contributed by atoms with E-state index in [0.29, 0.717) is 0 Å². The van der Waals surface area contributed by atoms with E-state index >= 15 is 0 Å². The molecular weight excluding hydrogens is 313 g/mol. The van der Waals surface area contributed by atoms with Gasteiger partial charge in [0.15, 0.2) is 0 Å². The molecule has 0 spiro atoms. The van der Waals surface area contributed by atoms with Gasteiger partial charge in [-0.2, -0.15) is 0 Å². The number of benzene rings is 2. The zero-order chi connectivity index (χ0) is 13.1. The minimum Gasteiger partial charge on any atom is -0.324 e. The molecule has 2 rings (SSSR count). The van der Waals surface area contributed by atoms with Crippen molar-refractivity contribution in [1.29, 1.82) is 0 Å². The van der Waals surface area contributed by atoms with Crippen molar-refractivity contribution >= 4 is 27.7 Å². The highest BCUT2D eigenvalue weighted by molar-refractivity contribution is 9.10. The second-order valence-corrected chi connectivity index (χ2v) is 6.03. The van der Waals surface area contributed by atoms with Gasteiger partial charge < -0.3 is 5.73 Å². The minimum atomic E-state index is -0.215. The Hall–Kier alpha value is -0.840. The van der Waals surface area contributed by atoms with Gasteiger partial charge in [0.1, 0.15) is 5.82 Å². The molecule has 1 atom stereocenters. The Morgan fingerprint density at radius 2 is 1.72 bits per heavy atom. The summed E-state index contributed by atoms with van der Waals surface area (Å²) >= 11 is 5.11. The Bertz CT molecular complexity index is 540. The average molecular weight is 326 g/mol. The molecule has 4 heteroatoms. The molecule has 0 saturated heterocycles. The van der Waals surface area contributed by atoms with Crippen LogP contribution < -0.4 is 5.73 Å². The number of rotatable bonds is 3. The topological polar surface area (TPSA) is 26.0 Å². The fourth-order valence-electron chi connectivity index (χ4n) is 1.58. The molecule has 0 saturated carbocycles. The Balaban J connectivity index is 2.20. The van der Waals surface area contributed by atoms with Gasteiger partial charge in [-0.05, 0) is 48.9 Å². The third-order valence-electron chi connectivity index (χ3n) is 2.51. The smallest absolute Gasteiger partial charge is 0.123 e. The van der Waals surface area contributed by atoms with Crippen molar-refractivity contribution in [2.45, 2.75) is 22.8 Å². The van der Waals surface area contributed by atoms with Crippen LogP contribution in [0, 0.1) is 5.82 Å². The van der Waals surface area contributed by atoms with E-state index in [2.05, 4.69) is 15.9 Å². The molecule has 2 aromatic carbocycles. The Kier molecular flexibility index (Phi) is 4.43. The number of hydrogen-bond donors (Lipinski definition) is 1. The predicted octanol–water partition coefficient (Wildman–Crippen LogP) is 4.76. The largest absolute Gasteiger partial charge is 0.324 e. The first kappa shape index (κ1) is 13.6. The van der Waals surface area contributed by atoms with Crippen LogP contribution >= 0.6 is 27.7 Å². The molecule has 0 aliphatic carbocycles. The monoisotopic (exact) mass is 325 g/mol. The molecule has 0 aliphatic heterocycles. The molecular formula is C14H13BrFNS. The maximum Gasteiger partial charge on any atom is 0.123 e.